The van der Waals surface area contributed by atoms with Crippen molar-refractivity contribution in [1.82, 2.24) is 0 Å². The van der Waals surface area contributed by atoms with Crippen LogP contribution in [0.5, 0.6) is 0 Å². The van der Waals surface area contributed by atoms with Crippen molar-refractivity contribution < 1.29 is 28.6 Å². The molecule has 1 unspecified atom stereocenters. The number of esters is 3. The van der Waals surface area contributed by atoms with E-state index in [2.05, 4.69) is 45.1 Å². The monoisotopic (exact) mass is 943 g/mol. The summed E-state index contributed by atoms with van der Waals surface area (Å²) in [7, 11) is 0. The molecule has 0 N–H and O–H groups in total. The number of hydrogen-bond acceptors (Lipinski definition) is 6. The number of ether oxygens (including phenoxy) is 3. The van der Waals surface area contributed by atoms with Crippen molar-refractivity contribution in [2.24, 2.45) is 0 Å². The van der Waals surface area contributed by atoms with E-state index < -0.39 is 6.10 Å². The van der Waals surface area contributed by atoms with Crippen molar-refractivity contribution >= 4 is 17.9 Å². The molecule has 0 aliphatic heterocycles. The average Bonchev–Trinajstić information content (AvgIpc) is 3.33. The van der Waals surface area contributed by atoms with E-state index >= 15 is 0 Å². The number of allylic oxidation sites excluding steroid dienone is 4. The minimum absolute atomic E-state index is 0.0720. The highest BCUT2D eigenvalue weighted by Crippen LogP contribution is 2.17. The van der Waals surface area contributed by atoms with Crippen LogP contribution >= 0.6 is 0 Å². The Balaban J connectivity index is 4.11. The highest BCUT2D eigenvalue weighted by atomic mass is 16.6. The summed E-state index contributed by atoms with van der Waals surface area (Å²) in [6.07, 6.45) is 66.3. The van der Waals surface area contributed by atoms with Crippen molar-refractivity contribution in [3.8, 4) is 0 Å². The second-order valence-corrected chi connectivity index (χ2v) is 20.3. The van der Waals surface area contributed by atoms with Crippen LogP contribution in [-0.4, -0.2) is 37.2 Å². The van der Waals surface area contributed by atoms with Gasteiger partial charge < -0.3 is 14.2 Å². The zero-order chi connectivity index (χ0) is 48.6. The zero-order valence-corrected chi connectivity index (χ0v) is 45.2. The molecule has 0 spiro atoms. The maximum absolute atomic E-state index is 12.8. The number of rotatable bonds is 55. The summed E-state index contributed by atoms with van der Waals surface area (Å²) in [6.45, 7) is 6.61. The van der Waals surface area contributed by atoms with Crippen LogP contribution in [0.1, 0.15) is 329 Å². The number of carbonyl (C=O) groups is 3. The second-order valence-electron chi connectivity index (χ2n) is 20.3. The zero-order valence-electron chi connectivity index (χ0n) is 45.2. The Labute approximate surface area is 417 Å². The average molecular weight is 944 g/mol. The summed E-state index contributed by atoms with van der Waals surface area (Å²) in [6, 6.07) is 0. The third-order valence-electron chi connectivity index (χ3n) is 13.5. The molecule has 0 rings (SSSR count). The van der Waals surface area contributed by atoms with Gasteiger partial charge in [-0.2, -0.15) is 0 Å². The first-order valence-corrected chi connectivity index (χ1v) is 29.8. The van der Waals surface area contributed by atoms with E-state index in [1.165, 1.54) is 205 Å². The van der Waals surface area contributed by atoms with Crippen molar-refractivity contribution in [3.05, 3.63) is 24.3 Å². The van der Waals surface area contributed by atoms with Crippen molar-refractivity contribution in [2.75, 3.05) is 13.2 Å². The summed E-state index contributed by atoms with van der Waals surface area (Å²) in [4.78, 5) is 38.0. The van der Waals surface area contributed by atoms with Crippen LogP contribution in [0, 0.1) is 0 Å². The van der Waals surface area contributed by atoms with Gasteiger partial charge in [-0.1, -0.05) is 289 Å². The van der Waals surface area contributed by atoms with Gasteiger partial charge in [0.2, 0.25) is 0 Å². The van der Waals surface area contributed by atoms with Crippen molar-refractivity contribution in [2.45, 2.75) is 335 Å². The number of carbonyl (C=O) groups excluding carboxylic acids is 3. The lowest BCUT2D eigenvalue weighted by Crippen LogP contribution is -2.30. The van der Waals surface area contributed by atoms with Gasteiger partial charge in [0.25, 0.3) is 0 Å². The maximum atomic E-state index is 12.8. The van der Waals surface area contributed by atoms with E-state index in [1.807, 2.05) is 0 Å². The molecule has 0 aliphatic carbocycles. The highest BCUT2D eigenvalue weighted by Gasteiger charge is 2.19. The molecule has 6 nitrogen and oxygen atoms in total. The molecule has 0 radical (unpaired) electrons. The fraction of sp³-hybridized carbons (Fsp3) is 0.885. The lowest BCUT2D eigenvalue weighted by atomic mass is 10.0. The predicted molar refractivity (Wildman–Crippen MR) is 289 cm³/mol. The molecular weight excluding hydrogens is 829 g/mol. The van der Waals surface area contributed by atoms with Crippen LogP contribution in [0.3, 0.4) is 0 Å². The molecule has 0 aliphatic rings. The number of hydrogen-bond donors (Lipinski definition) is 0. The third kappa shape index (κ3) is 54.7. The molecule has 67 heavy (non-hydrogen) atoms. The Bertz CT molecular complexity index is 1080. The number of unbranched alkanes of at least 4 members (excludes halogenated alkanes) is 40. The topological polar surface area (TPSA) is 78.9 Å². The van der Waals surface area contributed by atoms with E-state index in [4.69, 9.17) is 14.2 Å². The van der Waals surface area contributed by atoms with E-state index in [0.717, 1.165) is 83.5 Å². The molecule has 394 valence electrons. The molecule has 6 heteroatoms. The first-order valence-electron chi connectivity index (χ1n) is 29.8. The van der Waals surface area contributed by atoms with Crippen LogP contribution in [0.4, 0.5) is 0 Å². The van der Waals surface area contributed by atoms with Crippen LogP contribution in [-0.2, 0) is 28.6 Å². The van der Waals surface area contributed by atoms with Crippen molar-refractivity contribution in [3.63, 3.8) is 0 Å². The molecule has 0 bridgehead atoms. The molecule has 0 saturated carbocycles. The second kappa shape index (κ2) is 56.5. The highest BCUT2D eigenvalue weighted by molar-refractivity contribution is 5.71. The standard InChI is InChI=1S/C61H114O6/c1-4-7-10-13-16-19-21-23-25-26-27-28-29-30-31-32-33-34-35-36-38-39-42-45-48-51-54-60(63)66-57-58(56-65-59(62)53-50-47-44-41-18-15-12-9-6-3)67-61(64)55-52-49-46-43-40-37-24-22-20-17-14-11-8-5-2/h14,17,22,24,58H,4-13,15-16,18-21,23,25-57H2,1-3H3/b17-14-,24-22-. The summed E-state index contributed by atoms with van der Waals surface area (Å²) in [5.74, 6) is -0.870. The van der Waals surface area contributed by atoms with E-state index in [-0.39, 0.29) is 31.1 Å². The van der Waals surface area contributed by atoms with E-state index in [0.29, 0.717) is 19.3 Å². The Morgan fingerprint density at radius 2 is 0.552 bits per heavy atom. The van der Waals surface area contributed by atoms with Gasteiger partial charge in [0.05, 0.1) is 0 Å². The molecular formula is C61H114O6. The summed E-state index contributed by atoms with van der Waals surface area (Å²) in [5.41, 5.74) is 0. The largest absolute Gasteiger partial charge is 0.462 e. The van der Waals surface area contributed by atoms with Gasteiger partial charge in [-0.3, -0.25) is 14.4 Å². The van der Waals surface area contributed by atoms with Gasteiger partial charge in [-0.25, -0.2) is 0 Å². The van der Waals surface area contributed by atoms with Gasteiger partial charge in [0.1, 0.15) is 13.2 Å². The predicted octanol–water partition coefficient (Wildman–Crippen LogP) is 19.9. The van der Waals surface area contributed by atoms with Gasteiger partial charge >= 0.3 is 17.9 Å². The van der Waals surface area contributed by atoms with Crippen LogP contribution in [0.15, 0.2) is 24.3 Å². The SMILES string of the molecule is CCCC/C=C\C/C=C\CCCCCCCC(=O)OC(COC(=O)CCCCCCCCCCC)COC(=O)CCCCCCCCCCCCCCCCCCCCCCCCCCCC. The Kier molecular flexibility index (Phi) is 54.7. The maximum Gasteiger partial charge on any atom is 0.306 e. The summed E-state index contributed by atoms with van der Waals surface area (Å²) >= 11 is 0. The fourth-order valence-electron chi connectivity index (χ4n) is 8.93. The Morgan fingerprint density at radius 1 is 0.299 bits per heavy atom. The van der Waals surface area contributed by atoms with E-state index in [9.17, 15) is 14.4 Å². The molecule has 0 amide bonds. The van der Waals surface area contributed by atoms with Crippen molar-refractivity contribution in [1.29, 1.82) is 0 Å². The first-order chi connectivity index (χ1) is 33.0. The Hall–Kier alpha value is -2.11. The smallest absolute Gasteiger partial charge is 0.306 e. The van der Waals surface area contributed by atoms with Gasteiger partial charge in [0.15, 0.2) is 6.10 Å². The van der Waals surface area contributed by atoms with Crippen LogP contribution < -0.4 is 0 Å². The van der Waals surface area contributed by atoms with Crippen LogP contribution in [0.2, 0.25) is 0 Å². The molecule has 0 fully saturated rings. The van der Waals surface area contributed by atoms with Gasteiger partial charge in [-0.15, -0.1) is 0 Å². The summed E-state index contributed by atoms with van der Waals surface area (Å²) < 4.78 is 16.8. The molecule has 1 atom stereocenters. The third-order valence-corrected chi connectivity index (χ3v) is 13.5. The van der Waals surface area contributed by atoms with Gasteiger partial charge in [-0.05, 0) is 44.9 Å². The van der Waals surface area contributed by atoms with E-state index in [1.54, 1.807) is 0 Å². The lowest BCUT2D eigenvalue weighted by Gasteiger charge is -2.18. The first kappa shape index (κ1) is 64.9. The fourth-order valence-corrected chi connectivity index (χ4v) is 8.93. The minimum atomic E-state index is -0.772. The van der Waals surface area contributed by atoms with Crippen LogP contribution in [0.25, 0.3) is 0 Å². The lowest BCUT2D eigenvalue weighted by molar-refractivity contribution is -0.167. The molecule has 0 aromatic heterocycles. The van der Waals surface area contributed by atoms with Gasteiger partial charge in [0, 0.05) is 19.3 Å². The quantitative estimate of drug-likeness (QED) is 0.0262. The summed E-state index contributed by atoms with van der Waals surface area (Å²) in [5, 5.41) is 0. The molecule has 0 aromatic rings. The molecule has 0 saturated heterocycles. The Morgan fingerprint density at radius 3 is 0.866 bits per heavy atom. The normalized spacial score (nSPS) is 12.1. The molecule has 0 aromatic carbocycles. The molecule has 0 heterocycles. The minimum Gasteiger partial charge on any atom is -0.462 e.